The van der Waals surface area contributed by atoms with Gasteiger partial charge in [0.15, 0.2) is 0 Å². The maximum absolute atomic E-state index is 12.8. The van der Waals surface area contributed by atoms with E-state index in [4.69, 9.17) is 0 Å². The number of nitrogens with zero attached hydrogens (tertiary/aromatic N) is 2. The SMILES string of the molecule is O=C(NCc1cccnc1)c1ccccc1N1CCC(NC(=O)C2CCC2)CC1. The number of amides is 2. The summed E-state index contributed by atoms with van der Waals surface area (Å²) in [5, 5.41) is 6.21. The van der Waals surface area contributed by atoms with Gasteiger partial charge in [-0.15, -0.1) is 0 Å². The minimum Gasteiger partial charge on any atom is -0.371 e. The van der Waals surface area contributed by atoms with E-state index in [1.807, 2.05) is 36.4 Å². The summed E-state index contributed by atoms with van der Waals surface area (Å²) in [6, 6.07) is 11.8. The Balaban J connectivity index is 1.34. The molecule has 2 aromatic rings. The van der Waals surface area contributed by atoms with E-state index in [-0.39, 0.29) is 23.8 Å². The average molecular weight is 393 g/mol. The highest BCUT2D eigenvalue weighted by atomic mass is 16.2. The first-order valence-electron chi connectivity index (χ1n) is 10.5. The van der Waals surface area contributed by atoms with Crippen molar-refractivity contribution < 1.29 is 9.59 Å². The number of aromatic nitrogens is 1. The van der Waals surface area contributed by atoms with Gasteiger partial charge in [-0.3, -0.25) is 14.6 Å². The minimum absolute atomic E-state index is 0.0788. The van der Waals surface area contributed by atoms with Crippen molar-refractivity contribution in [1.29, 1.82) is 0 Å². The van der Waals surface area contributed by atoms with Gasteiger partial charge < -0.3 is 15.5 Å². The smallest absolute Gasteiger partial charge is 0.253 e. The van der Waals surface area contributed by atoms with Crippen molar-refractivity contribution in [3.8, 4) is 0 Å². The first-order chi connectivity index (χ1) is 14.2. The van der Waals surface area contributed by atoms with Crippen LogP contribution in [0.1, 0.15) is 48.0 Å². The molecule has 0 radical (unpaired) electrons. The third-order valence-electron chi connectivity index (χ3n) is 5.98. The number of benzene rings is 1. The van der Waals surface area contributed by atoms with E-state index >= 15 is 0 Å². The van der Waals surface area contributed by atoms with Crippen molar-refractivity contribution in [2.24, 2.45) is 5.92 Å². The van der Waals surface area contributed by atoms with Crippen LogP contribution in [0.5, 0.6) is 0 Å². The number of para-hydroxylation sites is 1. The van der Waals surface area contributed by atoms with E-state index in [2.05, 4.69) is 20.5 Å². The number of carbonyl (C=O) groups is 2. The molecule has 2 heterocycles. The van der Waals surface area contributed by atoms with Crippen molar-refractivity contribution in [2.75, 3.05) is 18.0 Å². The molecule has 2 N–H and O–H groups in total. The van der Waals surface area contributed by atoms with Gasteiger partial charge in [0.2, 0.25) is 5.91 Å². The van der Waals surface area contributed by atoms with Crippen LogP contribution in [0.15, 0.2) is 48.8 Å². The maximum Gasteiger partial charge on any atom is 0.253 e. The lowest BCUT2D eigenvalue weighted by Gasteiger charge is -2.36. The minimum atomic E-state index is -0.0788. The summed E-state index contributed by atoms with van der Waals surface area (Å²) in [7, 11) is 0. The first-order valence-corrected chi connectivity index (χ1v) is 10.5. The lowest BCUT2D eigenvalue weighted by atomic mass is 9.84. The topological polar surface area (TPSA) is 74.3 Å². The van der Waals surface area contributed by atoms with Gasteiger partial charge in [-0.25, -0.2) is 0 Å². The summed E-state index contributed by atoms with van der Waals surface area (Å²) in [4.78, 5) is 31.3. The molecule has 0 spiro atoms. The van der Waals surface area contributed by atoms with E-state index in [9.17, 15) is 9.59 Å². The van der Waals surface area contributed by atoms with Gasteiger partial charge in [0.1, 0.15) is 0 Å². The molecule has 152 valence electrons. The Morgan fingerprint density at radius 2 is 1.83 bits per heavy atom. The van der Waals surface area contributed by atoms with E-state index < -0.39 is 0 Å². The van der Waals surface area contributed by atoms with E-state index in [0.717, 1.165) is 50.0 Å². The third kappa shape index (κ3) is 4.75. The lowest BCUT2D eigenvalue weighted by Crippen LogP contribution is -2.47. The molecule has 2 aliphatic rings. The molecule has 1 aliphatic carbocycles. The van der Waals surface area contributed by atoms with Gasteiger partial charge >= 0.3 is 0 Å². The Hall–Kier alpha value is -2.89. The van der Waals surface area contributed by atoms with Crippen LogP contribution in [-0.4, -0.2) is 35.9 Å². The molecule has 1 aromatic carbocycles. The zero-order valence-corrected chi connectivity index (χ0v) is 16.6. The van der Waals surface area contributed by atoms with E-state index in [1.165, 1.54) is 6.42 Å². The molecule has 2 amide bonds. The largest absolute Gasteiger partial charge is 0.371 e. The van der Waals surface area contributed by atoms with Crippen LogP contribution in [0.2, 0.25) is 0 Å². The molecule has 1 aliphatic heterocycles. The van der Waals surface area contributed by atoms with Crippen molar-refractivity contribution >= 4 is 17.5 Å². The number of hydrogen-bond donors (Lipinski definition) is 2. The molecular formula is C23H28N4O2. The van der Waals surface area contributed by atoms with Gasteiger partial charge in [-0.2, -0.15) is 0 Å². The Morgan fingerprint density at radius 3 is 2.52 bits per heavy atom. The number of carbonyl (C=O) groups excluding carboxylic acids is 2. The average Bonchev–Trinajstić information content (AvgIpc) is 2.72. The molecule has 6 heteroatoms. The number of anilines is 1. The third-order valence-corrected chi connectivity index (χ3v) is 5.98. The van der Waals surface area contributed by atoms with Crippen LogP contribution in [0, 0.1) is 5.92 Å². The fraction of sp³-hybridized carbons (Fsp3) is 0.435. The van der Waals surface area contributed by atoms with Crippen molar-refractivity contribution in [2.45, 2.75) is 44.7 Å². The highest BCUT2D eigenvalue weighted by molar-refractivity contribution is 5.99. The Kier molecular flexibility index (Phi) is 6.08. The fourth-order valence-electron chi connectivity index (χ4n) is 3.98. The van der Waals surface area contributed by atoms with Crippen LogP contribution >= 0.6 is 0 Å². The second-order valence-electron chi connectivity index (χ2n) is 7.96. The summed E-state index contributed by atoms with van der Waals surface area (Å²) >= 11 is 0. The molecule has 4 rings (SSSR count). The van der Waals surface area contributed by atoms with Crippen LogP contribution < -0.4 is 15.5 Å². The van der Waals surface area contributed by atoms with Crippen molar-refractivity contribution in [3.63, 3.8) is 0 Å². The number of hydrogen-bond acceptors (Lipinski definition) is 4. The summed E-state index contributed by atoms with van der Waals surface area (Å²) in [5.41, 5.74) is 2.62. The predicted molar refractivity (Wildman–Crippen MR) is 113 cm³/mol. The standard InChI is InChI=1S/C23H28N4O2/c28-22(18-6-3-7-18)26-19-10-13-27(14-11-19)21-9-2-1-8-20(21)23(29)25-16-17-5-4-12-24-15-17/h1-2,4-5,8-9,12,15,18-19H,3,6-7,10-11,13-14,16H2,(H,25,29)(H,26,28). The molecule has 1 aromatic heterocycles. The summed E-state index contributed by atoms with van der Waals surface area (Å²) in [5.74, 6) is 0.381. The number of nitrogens with one attached hydrogen (secondary N) is 2. The molecule has 1 saturated carbocycles. The monoisotopic (exact) mass is 392 g/mol. The Bertz CT molecular complexity index is 843. The second kappa shape index (κ2) is 9.07. The van der Waals surface area contributed by atoms with Crippen LogP contribution in [0.4, 0.5) is 5.69 Å². The number of rotatable bonds is 6. The quantitative estimate of drug-likeness (QED) is 0.793. The van der Waals surface area contributed by atoms with E-state index in [0.29, 0.717) is 12.1 Å². The van der Waals surface area contributed by atoms with Gasteiger partial charge in [-0.1, -0.05) is 24.6 Å². The molecule has 6 nitrogen and oxygen atoms in total. The summed E-state index contributed by atoms with van der Waals surface area (Å²) in [6.07, 6.45) is 8.54. The first kappa shape index (κ1) is 19.4. The van der Waals surface area contributed by atoms with Crippen LogP contribution in [0.25, 0.3) is 0 Å². The van der Waals surface area contributed by atoms with Gasteiger partial charge in [0, 0.05) is 49.7 Å². The molecule has 0 atom stereocenters. The lowest BCUT2D eigenvalue weighted by molar-refractivity contribution is -0.128. The van der Waals surface area contributed by atoms with Gasteiger partial charge in [0.25, 0.3) is 5.91 Å². The highest BCUT2D eigenvalue weighted by Gasteiger charge is 2.29. The Labute approximate surface area is 171 Å². The second-order valence-corrected chi connectivity index (χ2v) is 7.96. The fourth-order valence-corrected chi connectivity index (χ4v) is 3.98. The summed E-state index contributed by atoms with van der Waals surface area (Å²) < 4.78 is 0. The normalized spacial score (nSPS) is 17.4. The maximum atomic E-state index is 12.8. The zero-order chi connectivity index (χ0) is 20.1. The number of piperidine rings is 1. The highest BCUT2D eigenvalue weighted by Crippen LogP contribution is 2.28. The molecule has 2 fully saturated rings. The van der Waals surface area contributed by atoms with Crippen molar-refractivity contribution in [3.05, 3.63) is 59.9 Å². The zero-order valence-electron chi connectivity index (χ0n) is 16.6. The molecule has 29 heavy (non-hydrogen) atoms. The molecule has 0 bridgehead atoms. The molecular weight excluding hydrogens is 364 g/mol. The van der Waals surface area contributed by atoms with Crippen LogP contribution in [0.3, 0.4) is 0 Å². The molecule has 1 saturated heterocycles. The van der Waals surface area contributed by atoms with Crippen molar-refractivity contribution in [1.82, 2.24) is 15.6 Å². The van der Waals surface area contributed by atoms with E-state index in [1.54, 1.807) is 12.4 Å². The molecule has 0 unspecified atom stereocenters. The predicted octanol–water partition coefficient (Wildman–Crippen LogP) is 2.90. The van der Waals surface area contributed by atoms with Gasteiger partial charge in [0.05, 0.1) is 5.56 Å². The number of pyridine rings is 1. The van der Waals surface area contributed by atoms with Crippen LogP contribution in [-0.2, 0) is 11.3 Å². The Morgan fingerprint density at radius 1 is 1.03 bits per heavy atom. The summed E-state index contributed by atoms with van der Waals surface area (Å²) in [6.45, 7) is 2.13. The van der Waals surface area contributed by atoms with Gasteiger partial charge in [-0.05, 0) is 49.4 Å².